The molecule has 0 saturated heterocycles. The van der Waals surface area contributed by atoms with Crippen molar-refractivity contribution in [2.45, 2.75) is 128 Å². The first-order chi connectivity index (χ1) is 37.9. The van der Waals surface area contributed by atoms with Crippen LogP contribution in [0, 0.1) is 0 Å². The number of carboxylic acid groups (broad SMARTS) is 2. The van der Waals surface area contributed by atoms with Crippen molar-refractivity contribution in [1.82, 2.24) is 31.9 Å². The molecule has 24 heteroatoms. The Labute approximate surface area is 465 Å². The number of carbonyl (C=O) groups excluding carboxylic acids is 6. The van der Waals surface area contributed by atoms with Gasteiger partial charge in [-0.05, 0) is 140 Å². The van der Waals surface area contributed by atoms with E-state index in [1.165, 1.54) is 14.2 Å². The van der Waals surface area contributed by atoms with Gasteiger partial charge in [-0.15, -0.1) is 10.2 Å². The van der Waals surface area contributed by atoms with Crippen molar-refractivity contribution in [2.75, 3.05) is 27.3 Å². The molecule has 4 aromatic rings. The number of hydrogen-bond acceptors (Lipinski definition) is 14. The van der Waals surface area contributed by atoms with Gasteiger partial charge in [-0.2, -0.15) is 0 Å². The van der Waals surface area contributed by atoms with E-state index in [9.17, 15) is 48.6 Å². The van der Waals surface area contributed by atoms with E-state index >= 15 is 0 Å². The second-order valence-electron chi connectivity index (χ2n) is 19.8. The number of urea groups is 2. The number of ether oxygens (including phenoxy) is 4. The zero-order chi connectivity index (χ0) is 59.1. The normalized spacial score (nSPS) is 12.7. The van der Waals surface area contributed by atoms with Crippen LogP contribution >= 0.6 is 0 Å². The number of alkyl carbamates (subject to hydrolysis) is 2. The first-order valence-electron chi connectivity index (χ1n) is 25.7. The third kappa shape index (κ3) is 27.9. The van der Waals surface area contributed by atoms with E-state index in [-0.39, 0.29) is 25.7 Å². The van der Waals surface area contributed by atoms with E-state index < -0.39 is 83.4 Å². The standard InChI is InChI=1S/2C28H37N5O7/c2*1-28(2,3)40-27(38)29-17-9-8-12-22(25(35)36)30-24(34)23(18-19-10-6-5-7-11-19)31-26(37)33-32-20-13-15-21(39-4)16-14-20/h2*5-7,10-11,13-16,22-23H,8-9,12,17-18H2,1-4H3,(H,29,38)(H,30,34)(H,31,37)(H,35,36). The number of carboxylic acids is 2. The number of aliphatic carboxylic acids is 2. The molecule has 4 unspecified atom stereocenters. The number of azo groups is 2. The van der Waals surface area contributed by atoms with Crippen LogP contribution in [0.5, 0.6) is 11.5 Å². The van der Waals surface area contributed by atoms with Crippen molar-refractivity contribution in [1.29, 1.82) is 0 Å². The summed E-state index contributed by atoms with van der Waals surface area (Å²) in [5.41, 5.74) is 1.10. The van der Waals surface area contributed by atoms with Crippen LogP contribution in [0.25, 0.3) is 0 Å². The average molecular weight is 1110 g/mol. The summed E-state index contributed by atoms with van der Waals surface area (Å²) in [6, 6.07) is 24.8. The molecule has 4 rings (SSSR count). The second-order valence-corrected chi connectivity index (χ2v) is 19.8. The summed E-state index contributed by atoms with van der Waals surface area (Å²) in [6.45, 7) is 11.1. The van der Waals surface area contributed by atoms with Gasteiger partial charge in [0.1, 0.15) is 46.9 Å². The molecular weight excluding hydrogens is 1040 g/mol. The smallest absolute Gasteiger partial charge is 0.407 e. The highest BCUT2D eigenvalue weighted by Gasteiger charge is 2.29. The Balaban J connectivity index is 0.000000420. The van der Waals surface area contributed by atoms with E-state index in [1.807, 2.05) is 12.1 Å². The molecule has 0 bridgehead atoms. The third-order valence-electron chi connectivity index (χ3n) is 10.9. The Morgan fingerprint density at radius 1 is 0.463 bits per heavy atom. The molecule has 0 aliphatic rings. The van der Waals surface area contributed by atoms with Crippen molar-refractivity contribution >= 4 is 59.4 Å². The molecule has 4 aromatic carbocycles. The number of nitrogens with zero attached hydrogens (tertiary/aromatic N) is 4. The van der Waals surface area contributed by atoms with Gasteiger partial charge in [-0.3, -0.25) is 9.59 Å². The van der Waals surface area contributed by atoms with Crippen LogP contribution in [-0.2, 0) is 41.5 Å². The van der Waals surface area contributed by atoms with E-state index in [2.05, 4.69) is 52.4 Å². The minimum Gasteiger partial charge on any atom is -0.497 e. The lowest BCUT2D eigenvalue weighted by Gasteiger charge is -2.21. The fourth-order valence-electron chi connectivity index (χ4n) is 6.99. The lowest BCUT2D eigenvalue weighted by atomic mass is 10.0. The van der Waals surface area contributed by atoms with E-state index in [0.29, 0.717) is 61.6 Å². The van der Waals surface area contributed by atoms with Gasteiger partial charge >= 0.3 is 36.2 Å². The minimum absolute atomic E-state index is 0.114. The fraction of sp³-hybridized carbons (Fsp3) is 0.429. The first-order valence-corrected chi connectivity index (χ1v) is 25.7. The predicted octanol–water partition coefficient (Wildman–Crippen LogP) is 8.73. The highest BCUT2D eigenvalue weighted by Crippen LogP contribution is 2.20. The van der Waals surface area contributed by atoms with Crippen LogP contribution in [-0.4, -0.2) is 121 Å². The maximum atomic E-state index is 13.1. The molecule has 8 amide bonds. The summed E-state index contributed by atoms with van der Waals surface area (Å²) in [7, 11) is 3.06. The molecule has 432 valence electrons. The number of hydrogen-bond donors (Lipinski definition) is 8. The van der Waals surface area contributed by atoms with Crippen LogP contribution in [0.4, 0.5) is 30.6 Å². The number of benzene rings is 4. The van der Waals surface area contributed by atoms with Crippen LogP contribution in [0.15, 0.2) is 130 Å². The minimum atomic E-state index is -1.21. The van der Waals surface area contributed by atoms with E-state index in [0.717, 1.165) is 11.1 Å². The molecule has 0 saturated carbocycles. The SMILES string of the molecule is COc1ccc(N=NC(=O)NC(Cc2ccccc2)C(=O)NC(CCCCNC(=O)OC(C)(C)C)C(=O)O)cc1.COc1ccc(N=NC(=O)NC(Cc2ccccc2)C(=O)NC(CCCCNC(=O)OC(C)(C)C)C(=O)O)cc1. The van der Waals surface area contributed by atoms with Crippen LogP contribution in [0.2, 0.25) is 0 Å². The molecule has 0 heterocycles. The van der Waals surface area contributed by atoms with Gasteiger partial charge in [0, 0.05) is 25.9 Å². The van der Waals surface area contributed by atoms with Crippen LogP contribution < -0.4 is 41.4 Å². The Hall–Kier alpha value is -8.96. The molecule has 0 fully saturated rings. The molecule has 8 N–H and O–H groups in total. The molecule has 0 aliphatic carbocycles. The lowest BCUT2D eigenvalue weighted by Crippen LogP contribution is -2.52. The molecular formula is C56H74N10O14. The van der Waals surface area contributed by atoms with Crippen molar-refractivity contribution in [3.63, 3.8) is 0 Å². The number of carbonyl (C=O) groups is 8. The number of rotatable bonds is 26. The van der Waals surface area contributed by atoms with Gasteiger partial charge in [0.25, 0.3) is 0 Å². The topological polar surface area (TPSA) is 336 Å². The van der Waals surface area contributed by atoms with Crippen LogP contribution in [0.3, 0.4) is 0 Å². The summed E-state index contributed by atoms with van der Waals surface area (Å²) in [5, 5.41) is 49.6. The highest BCUT2D eigenvalue weighted by molar-refractivity contribution is 5.91. The highest BCUT2D eigenvalue weighted by atomic mass is 16.6. The predicted molar refractivity (Wildman–Crippen MR) is 295 cm³/mol. The van der Waals surface area contributed by atoms with Gasteiger partial charge in [0.15, 0.2) is 0 Å². The summed E-state index contributed by atoms with van der Waals surface area (Å²) in [5.74, 6) is -2.52. The zero-order valence-corrected chi connectivity index (χ0v) is 46.4. The molecule has 24 nitrogen and oxygen atoms in total. The summed E-state index contributed by atoms with van der Waals surface area (Å²) in [4.78, 5) is 98.4. The molecule has 0 aromatic heterocycles. The van der Waals surface area contributed by atoms with E-state index in [4.69, 9.17) is 18.9 Å². The maximum Gasteiger partial charge on any atom is 0.407 e. The monoisotopic (exact) mass is 1110 g/mol. The van der Waals surface area contributed by atoms with Gasteiger partial charge < -0.3 is 61.1 Å². The zero-order valence-electron chi connectivity index (χ0n) is 46.4. The Morgan fingerprint density at radius 2 is 0.800 bits per heavy atom. The third-order valence-corrected chi connectivity index (χ3v) is 10.9. The summed E-state index contributed by atoms with van der Waals surface area (Å²) in [6.07, 6.45) is 1.16. The van der Waals surface area contributed by atoms with Gasteiger partial charge in [-0.25, -0.2) is 28.8 Å². The van der Waals surface area contributed by atoms with Gasteiger partial charge in [-0.1, -0.05) is 70.9 Å². The summed E-state index contributed by atoms with van der Waals surface area (Å²) < 4.78 is 20.5. The van der Waals surface area contributed by atoms with Crippen molar-refractivity contribution in [2.24, 2.45) is 20.5 Å². The molecule has 80 heavy (non-hydrogen) atoms. The number of unbranched alkanes of at least 4 members (excludes halogenated alkanes) is 2. The van der Waals surface area contributed by atoms with E-state index in [1.54, 1.807) is 139 Å². The van der Waals surface area contributed by atoms with Crippen molar-refractivity contribution < 1.29 is 67.5 Å². The number of amides is 8. The Bertz CT molecular complexity index is 2480. The van der Waals surface area contributed by atoms with Gasteiger partial charge in [0.2, 0.25) is 11.8 Å². The largest absolute Gasteiger partial charge is 0.497 e. The number of methoxy groups -OCH3 is 2. The van der Waals surface area contributed by atoms with Gasteiger partial charge in [0.05, 0.1) is 25.6 Å². The van der Waals surface area contributed by atoms with Crippen molar-refractivity contribution in [3.05, 3.63) is 120 Å². The first kappa shape index (κ1) is 65.3. The Kier molecular flexibility index (Phi) is 27.8. The number of nitrogens with one attached hydrogen (secondary N) is 6. The quantitative estimate of drug-likeness (QED) is 0.0215. The average Bonchev–Trinajstić information content (AvgIpc) is 3.40. The lowest BCUT2D eigenvalue weighted by molar-refractivity contribution is -0.142. The summed E-state index contributed by atoms with van der Waals surface area (Å²) >= 11 is 0. The maximum absolute atomic E-state index is 13.1. The fourth-order valence-corrected chi connectivity index (χ4v) is 6.99. The molecule has 0 radical (unpaired) electrons. The van der Waals surface area contributed by atoms with Crippen molar-refractivity contribution in [3.8, 4) is 11.5 Å². The second kappa shape index (κ2) is 34.0. The molecule has 0 aliphatic heterocycles. The Morgan fingerprint density at radius 3 is 1.10 bits per heavy atom. The molecule has 0 spiro atoms. The molecule has 4 atom stereocenters. The van der Waals surface area contributed by atoms with Crippen LogP contribution in [0.1, 0.15) is 91.2 Å².